The molecular formula is C9H19NO2. The van der Waals surface area contributed by atoms with Gasteiger partial charge in [-0.3, -0.25) is 9.69 Å². The quantitative estimate of drug-likeness (QED) is 0.664. The molecule has 0 saturated carbocycles. The fourth-order valence-electron chi connectivity index (χ4n) is 0.894. The first-order valence-electron chi connectivity index (χ1n) is 4.34. The van der Waals surface area contributed by atoms with E-state index in [2.05, 4.69) is 0 Å². The summed E-state index contributed by atoms with van der Waals surface area (Å²) in [5.74, 6) is 0.170. The molecule has 72 valence electrons. The number of aliphatic hydroxyl groups excluding tert-OH is 1. The third kappa shape index (κ3) is 4.46. The number of hydrogen-bond acceptors (Lipinski definition) is 3. The minimum atomic E-state index is -0.286. The molecule has 0 spiro atoms. The van der Waals surface area contributed by atoms with Crippen LogP contribution in [0.25, 0.3) is 0 Å². The third-order valence-electron chi connectivity index (χ3n) is 2.15. The maximum atomic E-state index is 10.9. The Morgan fingerprint density at radius 2 is 2.00 bits per heavy atom. The van der Waals surface area contributed by atoms with E-state index in [1.165, 1.54) is 0 Å². The molecule has 0 aliphatic carbocycles. The first-order valence-corrected chi connectivity index (χ1v) is 4.34. The molecule has 1 N–H and O–H groups in total. The van der Waals surface area contributed by atoms with Crippen LogP contribution in [-0.2, 0) is 4.79 Å². The van der Waals surface area contributed by atoms with Crippen LogP contribution in [0.5, 0.6) is 0 Å². The standard InChI is InChI=1S/C9H19NO2/c1-7(11)5-6-10(4)8(2)9(3)12/h7-8,11H,5-6H2,1-4H3. The van der Waals surface area contributed by atoms with E-state index in [4.69, 9.17) is 5.11 Å². The van der Waals surface area contributed by atoms with E-state index in [1.54, 1.807) is 13.8 Å². The van der Waals surface area contributed by atoms with Crippen molar-refractivity contribution in [1.29, 1.82) is 0 Å². The van der Waals surface area contributed by atoms with Crippen LogP contribution in [0.3, 0.4) is 0 Å². The molecule has 3 nitrogen and oxygen atoms in total. The van der Waals surface area contributed by atoms with Gasteiger partial charge in [0.15, 0.2) is 0 Å². The van der Waals surface area contributed by atoms with E-state index in [1.807, 2.05) is 18.9 Å². The molecule has 0 bridgehead atoms. The topological polar surface area (TPSA) is 40.5 Å². The van der Waals surface area contributed by atoms with Gasteiger partial charge < -0.3 is 5.11 Å². The number of rotatable bonds is 5. The van der Waals surface area contributed by atoms with Gasteiger partial charge in [-0.15, -0.1) is 0 Å². The summed E-state index contributed by atoms with van der Waals surface area (Å²) in [4.78, 5) is 12.9. The first kappa shape index (κ1) is 11.6. The van der Waals surface area contributed by atoms with Gasteiger partial charge in [-0.1, -0.05) is 0 Å². The van der Waals surface area contributed by atoms with Crippen molar-refractivity contribution in [3.63, 3.8) is 0 Å². The molecule has 12 heavy (non-hydrogen) atoms. The summed E-state index contributed by atoms with van der Waals surface area (Å²) in [6, 6.07) is -0.0382. The molecule has 0 rings (SSSR count). The average molecular weight is 173 g/mol. The predicted molar refractivity (Wildman–Crippen MR) is 49.1 cm³/mol. The maximum Gasteiger partial charge on any atom is 0.146 e. The SMILES string of the molecule is CC(=O)C(C)N(C)CCC(C)O. The van der Waals surface area contributed by atoms with Crippen LogP contribution in [0.2, 0.25) is 0 Å². The summed E-state index contributed by atoms with van der Waals surface area (Å²) in [6.07, 6.45) is 0.431. The molecule has 0 fully saturated rings. The lowest BCUT2D eigenvalue weighted by Gasteiger charge is -2.22. The van der Waals surface area contributed by atoms with E-state index < -0.39 is 0 Å². The van der Waals surface area contributed by atoms with Crippen molar-refractivity contribution in [2.24, 2.45) is 0 Å². The average Bonchev–Trinajstić information content (AvgIpc) is 1.98. The van der Waals surface area contributed by atoms with E-state index in [9.17, 15) is 4.79 Å². The number of aliphatic hydroxyl groups is 1. The van der Waals surface area contributed by atoms with Crippen molar-refractivity contribution in [3.05, 3.63) is 0 Å². The Morgan fingerprint density at radius 3 is 2.33 bits per heavy atom. The number of nitrogens with zero attached hydrogens (tertiary/aromatic N) is 1. The second-order valence-corrected chi connectivity index (χ2v) is 3.40. The van der Waals surface area contributed by atoms with Gasteiger partial charge in [0.05, 0.1) is 12.1 Å². The highest BCUT2D eigenvalue weighted by molar-refractivity contribution is 5.80. The zero-order chi connectivity index (χ0) is 9.72. The van der Waals surface area contributed by atoms with Gasteiger partial charge in [0.2, 0.25) is 0 Å². The monoisotopic (exact) mass is 173 g/mol. The highest BCUT2D eigenvalue weighted by Gasteiger charge is 2.13. The van der Waals surface area contributed by atoms with Gasteiger partial charge in [0.1, 0.15) is 5.78 Å². The van der Waals surface area contributed by atoms with Crippen LogP contribution in [0.15, 0.2) is 0 Å². The van der Waals surface area contributed by atoms with Crippen LogP contribution < -0.4 is 0 Å². The summed E-state index contributed by atoms with van der Waals surface area (Å²) < 4.78 is 0. The summed E-state index contributed by atoms with van der Waals surface area (Å²) in [5, 5.41) is 9.01. The highest BCUT2D eigenvalue weighted by Crippen LogP contribution is 1.99. The molecule has 0 aromatic rings. The van der Waals surface area contributed by atoms with Gasteiger partial charge in [-0.25, -0.2) is 0 Å². The second-order valence-electron chi connectivity index (χ2n) is 3.40. The molecule has 2 atom stereocenters. The lowest BCUT2D eigenvalue weighted by molar-refractivity contribution is -0.121. The molecular weight excluding hydrogens is 154 g/mol. The van der Waals surface area contributed by atoms with Crippen molar-refractivity contribution in [2.75, 3.05) is 13.6 Å². The van der Waals surface area contributed by atoms with Crippen LogP contribution in [0, 0.1) is 0 Å². The smallest absolute Gasteiger partial charge is 0.146 e. The molecule has 2 unspecified atom stereocenters. The summed E-state index contributed by atoms with van der Waals surface area (Å²) >= 11 is 0. The van der Waals surface area contributed by atoms with Crippen LogP contribution in [0.4, 0.5) is 0 Å². The van der Waals surface area contributed by atoms with E-state index in [0.717, 1.165) is 6.54 Å². The minimum Gasteiger partial charge on any atom is -0.393 e. The Bertz CT molecular complexity index is 145. The van der Waals surface area contributed by atoms with Crippen molar-refractivity contribution in [2.45, 2.75) is 39.3 Å². The Kier molecular flexibility index (Phi) is 5.09. The lowest BCUT2D eigenvalue weighted by atomic mass is 10.2. The number of hydrogen-bond donors (Lipinski definition) is 1. The fourth-order valence-corrected chi connectivity index (χ4v) is 0.894. The Labute approximate surface area is 74.4 Å². The molecule has 0 aliphatic heterocycles. The van der Waals surface area contributed by atoms with Crippen molar-refractivity contribution in [3.8, 4) is 0 Å². The van der Waals surface area contributed by atoms with Gasteiger partial charge in [-0.2, -0.15) is 0 Å². The van der Waals surface area contributed by atoms with Gasteiger partial charge in [-0.05, 0) is 34.2 Å². The van der Waals surface area contributed by atoms with Crippen LogP contribution in [-0.4, -0.2) is 41.5 Å². The highest BCUT2D eigenvalue weighted by atomic mass is 16.3. The number of Topliss-reactive ketones (excluding diaryl/α,β-unsaturated/α-hetero) is 1. The van der Waals surface area contributed by atoms with Crippen molar-refractivity contribution in [1.82, 2.24) is 4.90 Å². The largest absolute Gasteiger partial charge is 0.393 e. The minimum absolute atomic E-state index is 0.0382. The number of carbonyl (C=O) groups is 1. The molecule has 0 aliphatic rings. The van der Waals surface area contributed by atoms with Gasteiger partial charge in [0.25, 0.3) is 0 Å². The Balaban J connectivity index is 3.71. The van der Waals surface area contributed by atoms with Crippen molar-refractivity contribution >= 4 is 5.78 Å². The predicted octanol–water partition coefficient (Wildman–Crippen LogP) is 0.667. The summed E-state index contributed by atoms with van der Waals surface area (Å²) in [7, 11) is 1.90. The molecule has 0 aromatic heterocycles. The Hall–Kier alpha value is -0.410. The Morgan fingerprint density at radius 1 is 1.50 bits per heavy atom. The normalized spacial score (nSPS) is 16.2. The number of ketones is 1. The van der Waals surface area contributed by atoms with Crippen molar-refractivity contribution < 1.29 is 9.90 Å². The number of likely N-dealkylation sites (N-methyl/N-ethyl adjacent to an activating group) is 1. The molecule has 0 aromatic carbocycles. The van der Waals surface area contributed by atoms with Crippen LogP contribution in [0.1, 0.15) is 27.2 Å². The fraction of sp³-hybridized carbons (Fsp3) is 0.889. The zero-order valence-electron chi connectivity index (χ0n) is 8.37. The first-order chi connectivity index (χ1) is 5.45. The van der Waals surface area contributed by atoms with E-state index >= 15 is 0 Å². The lowest BCUT2D eigenvalue weighted by Crippen LogP contribution is -2.36. The van der Waals surface area contributed by atoms with E-state index in [0.29, 0.717) is 6.42 Å². The molecule has 0 heterocycles. The molecule has 0 radical (unpaired) electrons. The van der Waals surface area contributed by atoms with Gasteiger partial charge >= 0.3 is 0 Å². The van der Waals surface area contributed by atoms with Gasteiger partial charge in [0, 0.05) is 6.54 Å². The zero-order valence-corrected chi connectivity index (χ0v) is 8.37. The third-order valence-corrected chi connectivity index (χ3v) is 2.15. The molecule has 0 amide bonds. The summed E-state index contributed by atoms with van der Waals surface area (Å²) in [6.45, 7) is 5.98. The second kappa shape index (κ2) is 5.27. The summed E-state index contributed by atoms with van der Waals surface area (Å²) in [5.41, 5.74) is 0. The van der Waals surface area contributed by atoms with E-state index in [-0.39, 0.29) is 17.9 Å². The molecule has 3 heteroatoms. The number of carbonyl (C=O) groups excluding carboxylic acids is 1. The maximum absolute atomic E-state index is 10.9. The molecule has 0 saturated heterocycles. The van der Waals surface area contributed by atoms with Crippen LogP contribution >= 0.6 is 0 Å².